The van der Waals surface area contributed by atoms with Gasteiger partial charge in [-0.15, -0.1) is 12.4 Å². The van der Waals surface area contributed by atoms with Crippen molar-refractivity contribution in [1.82, 2.24) is 20.2 Å². The van der Waals surface area contributed by atoms with Crippen molar-refractivity contribution >= 4 is 34.3 Å². The van der Waals surface area contributed by atoms with Gasteiger partial charge in [-0.05, 0) is 93.8 Å². The van der Waals surface area contributed by atoms with Gasteiger partial charge in [0.05, 0.1) is 22.0 Å². The maximum Gasteiger partial charge on any atom is 0.394 e. The minimum atomic E-state index is -4.55. The lowest BCUT2D eigenvalue weighted by Crippen LogP contribution is -2.60. The molecule has 2 fully saturated rings. The molecule has 2 aliphatic heterocycles. The second-order valence-corrected chi connectivity index (χ2v) is 15.6. The second kappa shape index (κ2) is 13.1. The molecule has 1 atom stereocenters. The number of piperidine rings is 1. The zero-order valence-corrected chi connectivity index (χ0v) is 29.0. The molecule has 0 radical (unpaired) electrons. The summed E-state index contributed by atoms with van der Waals surface area (Å²) in [6, 6.07) is 11.5. The average Bonchev–Trinajstić information content (AvgIpc) is 2.98. The Kier molecular flexibility index (Phi) is 9.81. The molecule has 3 aromatic rings. The molecule has 0 unspecified atom stereocenters. The van der Waals surface area contributed by atoms with E-state index < -0.39 is 40.0 Å². The van der Waals surface area contributed by atoms with Crippen LogP contribution < -0.4 is 14.8 Å². The van der Waals surface area contributed by atoms with Crippen LogP contribution in [0.1, 0.15) is 67.4 Å². The normalized spacial score (nSPS) is 21.0. The van der Waals surface area contributed by atoms with Crippen LogP contribution in [-0.2, 0) is 10.0 Å². The Bertz CT molecular complexity index is 1770. The standard InChI is InChI=1S/C34H40F3N5O4S.ClH/c1-21-7-5-8-22(2)29(21)27-16-28-40-31(39-27)41-47(44,45)26-10-6-9-23(15-26)30(43)42(24-18-33(19-24)11-13-38-14-12-33)25(20-46-28)17-32(3,4)34(35,36)37;/h5-10,15-16,24-25,38H,11-14,17-20H2,1-4H3,(H,39,40,41);1H/t25-;/m1./s1. The summed E-state index contributed by atoms with van der Waals surface area (Å²) in [5.74, 6) is -0.811. The summed E-state index contributed by atoms with van der Waals surface area (Å²) < 4.78 is 79.0. The zero-order chi connectivity index (χ0) is 33.8. The molecule has 9 nitrogen and oxygen atoms in total. The van der Waals surface area contributed by atoms with E-state index in [9.17, 15) is 26.4 Å². The van der Waals surface area contributed by atoms with Crippen LogP contribution in [0.2, 0.25) is 0 Å². The number of halogens is 4. The molecular weight excluding hydrogens is 667 g/mol. The second-order valence-electron chi connectivity index (χ2n) is 13.9. The lowest BCUT2D eigenvalue weighted by molar-refractivity contribution is -0.219. The molecule has 260 valence electrons. The first kappa shape index (κ1) is 35.9. The van der Waals surface area contributed by atoms with Crippen molar-refractivity contribution in [2.45, 2.75) is 83.0 Å². The number of anilines is 1. The highest BCUT2D eigenvalue weighted by Crippen LogP contribution is 2.52. The number of carbonyl (C=O) groups is 1. The quantitative estimate of drug-likeness (QED) is 0.311. The molecule has 1 saturated heterocycles. The van der Waals surface area contributed by atoms with E-state index in [2.05, 4.69) is 20.0 Å². The lowest BCUT2D eigenvalue weighted by atomic mass is 9.60. The number of ether oxygens (including phenoxy) is 1. The van der Waals surface area contributed by atoms with Crippen molar-refractivity contribution in [2.24, 2.45) is 10.8 Å². The maximum absolute atomic E-state index is 14.4. The topological polar surface area (TPSA) is 114 Å². The summed E-state index contributed by atoms with van der Waals surface area (Å²) >= 11 is 0. The smallest absolute Gasteiger partial charge is 0.394 e. The summed E-state index contributed by atoms with van der Waals surface area (Å²) in [5, 5.41) is 3.36. The van der Waals surface area contributed by atoms with Crippen LogP contribution in [-0.4, -0.2) is 67.1 Å². The van der Waals surface area contributed by atoms with E-state index >= 15 is 0 Å². The van der Waals surface area contributed by atoms with E-state index in [0.717, 1.165) is 56.5 Å². The number of aryl methyl sites for hydroxylation is 2. The predicted molar refractivity (Wildman–Crippen MR) is 179 cm³/mol. The maximum atomic E-state index is 14.4. The Morgan fingerprint density at radius 1 is 1.00 bits per heavy atom. The molecule has 3 aliphatic rings. The van der Waals surface area contributed by atoms with Gasteiger partial charge in [-0.1, -0.05) is 38.1 Å². The molecule has 14 heteroatoms. The Labute approximate surface area is 285 Å². The third kappa shape index (κ3) is 7.00. The fourth-order valence-corrected chi connectivity index (χ4v) is 8.26. The van der Waals surface area contributed by atoms with Gasteiger partial charge in [0.2, 0.25) is 11.8 Å². The number of amides is 1. The van der Waals surface area contributed by atoms with Crippen LogP contribution in [0.4, 0.5) is 19.1 Å². The van der Waals surface area contributed by atoms with Crippen molar-refractivity contribution in [2.75, 3.05) is 24.4 Å². The van der Waals surface area contributed by atoms with Crippen LogP contribution in [0.15, 0.2) is 53.4 Å². The van der Waals surface area contributed by atoms with Gasteiger partial charge < -0.3 is 15.0 Å². The highest BCUT2D eigenvalue weighted by Gasteiger charge is 2.53. The summed E-state index contributed by atoms with van der Waals surface area (Å²) in [4.78, 5) is 24.6. The Balaban J connectivity index is 0.00000451. The SMILES string of the molecule is Cc1cccc(C)c1-c1cc2nc(n1)NS(=O)(=O)c1cccc(c1)C(=O)N(C1CC3(CCNCC3)C1)[C@H](CC(C)(C)C(F)(F)F)CO2.Cl. The van der Waals surface area contributed by atoms with E-state index in [4.69, 9.17) is 4.74 Å². The lowest BCUT2D eigenvalue weighted by Gasteiger charge is -2.55. The van der Waals surface area contributed by atoms with Crippen molar-refractivity contribution in [1.29, 1.82) is 0 Å². The van der Waals surface area contributed by atoms with E-state index in [1.54, 1.807) is 6.07 Å². The van der Waals surface area contributed by atoms with Gasteiger partial charge in [-0.2, -0.15) is 18.2 Å². The molecule has 1 spiro atoms. The summed E-state index contributed by atoms with van der Waals surface area (Å²) in [6.07, 6.45) is -1.83. The molecule has 48 heavy (non-hydrogen) atoms. The van der Waals surface area contributed by atoms with Gasteiger partial charge in [-0.25, -0.2) is 18.1 Å². The Morgan fingerprint density at radius 3 is 2.29 bits per heavy atom. The molecule has 2 aromatic carbocycles. The zero-order valence-electron chi connectivity index (χ0n) is 27.4. The van der Waals surface area contributed by atoms with Gasteiger partial charge in [-0.3, -0.25) is 4.79 Å². The van der Waals surface area contributed by atoms with Crippen LogP contribution in [0, 0.1) is 24.7 Å². The van der Waals surface area contributed by atoms with Gasteiger partial charge in [0.25, 0.3) is 15.9 Å². The molecule has 6 rings (SSSR count). The van der Waals surface area contributed by atoms with Crippen LogP contribution in [0.5, 0.6) is 5.88 Å². The molecular formula is C34H41ClF3N5O4S. The first-order valence-electron chi connectivity index (χ1n) is 15.9. The summed E-state index contributed by atoms with van der Waals surface area (Å²) in [6.45, 7) is 7.46. The highest BCUT2D eigenvalue weighted by molar-refractivity contribution is 7.92. The van der Waals surface area contributed by atoms with Crippen molar-refractivity contribution in [3.8, 4) is 17.1 Å². The number of aromatic nitrogens is 2. The number of carbonyl (C=O) groups excluding carboxylic acids is 1. The number of fused-ring (bicyclic) bond motifs is 4. The van der Waals surface area contributed by atoms with Gasteiger partial charge in [0, 0.05) is 23.2 Å². The summed E-state index contributed by atoms with van der Waals surface area (Å²) in [7, 11) is -4.27. The van der Waals surface area contributed by atoms with E-state index in [1.165, 1.54) is 29.2 Å². The molecule has 1 amide bonds. The fourth-order valence-electron chi connectivity index (χ4n) is 7.27. The molecule has 3 heterocycles. The average molecular weight is 708 g/mol. The van der Waals surface area contributed by atoms with Crippen molar-refractivity contribution in [3.63, 3.8) is 0 Å². The number of nitrogens with zero attached hydrogens (tertiary/aromatic N) is 3. The highest BCUT2D eigenvalue weighted by atomic mass is 35.5. The third-order valence-electron chi connectivity index (χ3n) is 10.0. The summed E-state index contributed by atoms with van der Waals surface area (Å²) in [5.41, 5.74) is 0.825. The number of sulfonamides is 1. The first-order valence-corrected chi connectivity index (χ1v) is 17.4. The number of hydrogen-bond donors (Lipinski definition) is 2. The minimum Gasteiger partial charge on any atom is -0.475 e. The molecule has 1 saturated carbocycles. The predicted octanol–water partition coefficient (Wildman–Crippen LogP) is 6.70. The van der Waals surface area contributed by atoms with Crippen molar-refractivity contribution in [3.05, 3.63) is 65.2 Å². The Hall–Kier alpha value is -3.42. The number of nitrogens with one attached hydrogen (secondary N) is 2. The van der Waals surface area contributed by atoms with Gasteiger partial charge in [0.15, 0.2) is 0 Å². The number of benzene rings is 2. The molecule has 2 N–H and O–H groups in total. The Morgan fingerprint density at radius 2 is 1.65 bits per heavy atom. The molecule has 1 aromatic heterocycles. The van der Waals surface area contributed by atoms with Gasteiger partial charge >= 0.3 is 6.18 Å². The molecule has 4 bridgehead atoms. The van der Waals surface area contributed by atoms with E-state index in [0.29, 0.717) is 18.5 Å². The number of alkyl halides is 3. The van der Waals surface area contributed by atoms with Crippen molar-refractivity contribution < 1.29 is 31.1 Å². The monoisotopic (exact) mass is 707 g/mol. The van der Waals surface area contributed by atoms with E-state index in [-0.39, 0.29) is 52.8 Å². The largest absolute Gasteiger partial charge is 0.475 e. The van der Waals surface area contributed by atoms with Crippen LogP contribution in [0.3, 0.4) is 0 Å². The van der Waals surface area contributed by atoms with Gasteiger partial charge in [0.1, 0.15) is 6.61 Å². The minimum absolute atomic E-state index is 0. The number of rotatable bonds is 4. The number of hydrogen-bond acceptors (Lipinski definition) is 7. The fraction of sp³-hybridized carbons (Fsp3) is 0.500. The van der Waals surface area contributed by atoms with Crippen LogP contribution in [0.25, 0.3) is 11.3 Å². The first-order chi connectivity index (χ1) is 22.1. The molecule has 1 aliphatic carbocycles. The van der Waals surface area contributed by atoms with Crippen LogP contribution >= 0.6 is 12.4 Å². The third-order valence-corrected chi connectivity index (χ3v) is 11.3. The van der Waals surface area contributed by atoms with E-state index in [1.807, 2.05) is 32.0 Å².